The summed E-state index contributed by atoms with van der Waals surface area (Å²) in [6.45, 7) is 4.78. The van der Waals surface area contributed by atoms with Crippen molar-refractivity contribution in [2.75, 3.05) is 32.8 Å². The third-order valence-corrected chi connectivity index (χ3v) is 4.67. The smallest absolute Gasteiger partial charge is 0.0931 e. The minimum atomic E-state index is -0.428. The maximum Gasteiger partial charge on any atom is 0.0931 e. The fraction of sp³-hybridized carbons (Fsp3) is 0.688. The van der Waals surface area contributed by atoms with Crippen LogP contribution in [0.2, 0.25) is 0 Å². The molecule has 0 saturated carbocycles. The van der Waals surface area contributed by atoms with Crippen LogP contribution in [-0.2, 0) is 4.74 Å². The Morgan fingerprint density at radius 1 is 1.40 bits per heavy atom. The fourth-order valence-corrected chi connectivity index (χ4v) is 3.49. The molecule has 1 aromatic rings. The Morgan fingerprint density at radius 3 is 3.10 bits per heavy atom. The maximum absolute atomic E-state index is 10.3. The first-order valence-corrected chi connectivity index (χ1v) is 7.71. The van der Waals surface area contributed by atoms with E-state index in [0.29, 0.717) is 0 Å². The van der Waals surface area contributed by atoms with Gasteiger partial charge in [0.1, 0.15) is 0 Å². The van der Waals surface area contributed by atoms with E-state index in [-0.39, 0.29) is 0 Å². The molecular weight excluding hydrogens is 252 g/mol. The molecule has 2 aliphatic heterocycles. The molecule has 0 aromatic carbocycles. The molecule has 110 valence electrons. The van der Waals surface area contributed by atoms with Gasteiger partial charge < -0.3 is 14.7 Å². The van der Waals surface area contributed by atoms with Gasteiger partial charge in [-0.25, -0.2) is 0 Å². The molecule has 0 bridgehead atoms. The molecule has 0 spiro atoms. The Balaban J connectivity index is 1.54. The van der Waals surface area contributed by atoms with E-state index in [0.717, 1.165) is 50.2 Å². The third kappa shape index (κ3) is 3.37. The highest BCUT2D eigenvalue weighted by atomic mass is 16.5. The molecule has 1 aromatic heterocycles. The molecule has 0 amide bonds. The summed E-state index contributed by atoms with van der Waals surface area (Å²) in [7, 11) is 0. The molecule has 1 N–H and O–H groups in total. The molecule has 2 fully saturated rings. The predicted octanol–water partition coefficient (Wildman–Crippen LogP) is 1.86. The molecule has 0 radical (unpaired) electrons. The molecule has 3 heterocycles. The zero-order valence-corrected chi connectivity index (χ0v) is 11.9. The molecule has 3 atom stereocenters. The number of hydrogen-bond acceptors (Lipinski definition) is 4. The summed E-state index contributed by atoms with van der Waals surface area (Å²) < 4.78 is 5.52. The average molecular weight is 276 g/mol. The van der Waals surface area contributed by atoms with E-state index in [2.05, 4.69) is 9.88 Å². The van der Waals surface area contributed by atoms with Crippen LogP contribution in [0.1, 0.15) is 30.9 Å². The number of β-amino-alcohol motifs (C(OH)–C–C–N with tert-alkyl or cyclic N) is 1. The summed E-state index contributed by atoms with van der Waals surface area (Å²) in [5.41, 5.74) is 0.916. The summed E-state index contributed by atoms with van der Waals surface area (Å²) in [6.07, 6.45) is 6.84. The average Bonchev–Trinajstić information content (AvgIpc) is 3.03. The van der Waals surface area contributed by atoms with E-state index in [1.54, 1.807) is 12.4 Å². The van der Waals surface area contributed by atoms with E-state index in [9.17, 15) is 5.11 Å². The highest BCUT2D eigenvalue weighted by molar-refractivity contribution is 5.12. The molecular formula is C16H24N2O2. The fourth-order valence-electron chi connectivity index (χ4n) is 3.49. The van der Waals surface area contributed by atoms with Crippen LogP contribution in [0.4, 0.5) is 0 Å². The molecule has 2 aliphatic rings. The number of hydrogen-bond donors (Lipinski definition) is 1. The quantitative estimate of drug-likeness (QED) is 0.912. The van der Waals surface area contributed by atoms with Crippen LogP contribution in [0.25, 0.3) is 0 Å². The van der Waals surface area contributed by atoms with Crippen molar-refractivity contribution in [3.8, 4) is 0 Å². The number of rotatable bonds is 4. The van der Waals surface area contributed by atoms with Crippen molar-refractivity contribution in [1.29, 1.82) is 0 Å². The zero-order chi connectivity index (χ0) is 13.8. The van der Waals surface area contributed by atoms with Crippen molar-refractivity contribution in [1.82, 2.24) is 9.88 Å². The van der Waals surface area contributed by atoms with Crippen LogP contribution >= 0.6 is 0 Å². The van der Waals surface area contributed by atoms with Gasteiger partial charge >= 0.3 is 0 Å². The van der Waals surface area contributed by atoms with E-state index < -0.39 is 6.10 Å². The van der Waals surface area contributed by atoms with Gasteiger partial charge in [0.2, 0.25) is 0 Å². The number of piperidine rings is 1. The normalized spacial score (nSPS) is 29.4. The first kappa shape index (κ1) is 14.0. The van der Waals surface area contributed by atoms with Gasteiger partial charge in [-0.05, 0) is 43.7 Å². The van der Waals surface area contributed by atoms with Gasteiger partial charge in [0, 0.05) is 44.3 Å². The van der Waals surface area contributed by atoms with Gasteiger partial charge in [0.25, 0.3) is 0 Å². The summed E-state index contributed by atoms with van der Waals surface area (Å²) in [5.74, 6) is 1.47. The molecule has 4 heteroatoms. The monoisotopic (exact) mass is 276 g/mol. The van der Waals surface area contributed by atoms with E-state index in [4.69, 9.17) is 4.74 Å². The largest absolute Gasteiger partial charge is 0.387 e. The topological polar surface area (TPSA) is 45.6 Å². The summed E-state index contributed by atoms with van der Waals surface area (Å²) in [5, 5.41) is 10.3. The standard InChI is InChI=1S/C16H24N2O2/c19-16(13-3-1-6-17-9-13)11-18-7-2-4-14(10-18)15-5-8-20-12-15/h1,3,6,9,14-16,19H,2,4-5,7-8,10-12H2. The van der Waals surface area contributed by atoms with Crippen LogP contribution in [0.5, 0.6) is 0 Å². The van der Waals surface area contributed by atoms with Crippen LogP contribution in [0.15, 0.2) is 24.5 Å². The van der Waals surface area contributed by atoms with Crippen LogP contribution in [0.3, 0.4) is 0 Å². The summed E-state index contributed by atoms with van der Waals surface area (Å²) >= 11 is 0. The number of ether oxygens (including phenoxy) is 1. The Kier molecular flexibility index (Phi) is 4.65. The van der Waals surface area contributed by atoms with Gasteiger partial charge in [-0.1, -0.05) is 6.07 Å². The molecule has 20 heavy (non-hydrogen) atoms. The second kappa shape index (κ2) is 6.66. The Bertz CT molecular complexity index is 406. The van der Waals surface area contributed by atoms with Gasteiger partial charge in [-0.3, -0.25) is 4.98 Å². The molecule has 3 rings (SSSR count). The SMILES string of the molecule is OC(CN1CCCC(C2CCOC2)C1)c1cccnc1. The molecule has 0 aliphatic carbocycles. The predicted molar refractivity (Wildman–Crippen MR) is 77.3 cm³/mol. The van der Waals surface area contributed by atoms with Gasteiger partial charge in [0.15, 0.2) is 0 Å². The highest BCUT2D eigenvalue weighted by Crippen LogP contribution is 2.30. The van der Waals surface area contributed by atoms with Crippen molar-refractivity contribution >= 4 is 0 Å². The maximum atomic E-state index is 10.3. The van der Waals surface area contributed by atoms with E-state index >= 15 is 0 Å². The van der Waals surface area contributed by atoms with Gasteiger partial charge in [-0.2, -0.15) is 0 Å². The van der Waals surface area contributed by atoms with E-state index in [1.165, 1.54) is 19.3 Å². The van der Waals surface area contributed by atoms with E-state index in [1.807, 2.05) is 12.1 Å². The van der Waals surface area contributed by atoms with Crippen LogP contribution < -0.4 is 0 Å². The Labute approximate surface area is 120 Å². The summed E-state index contributed by atoms with van der Waals surface area (Å²) in [4.78, 5) is 6.49. The minimum Gasteiger partial charge on any atom is -0.387 e. The number of aromatic nitrogens is 1. The highest BCUT2D eigenvalue weighted by Gasteiger charge is 2.30. The number of pyridine rings is 1. The number of likely N-dealkylation sites (tertiary alicyclic amines) is 1. The van der Waals surface area contributed by atoms with Gasteiger partial charge in [0.05, 0.1) is 6.10 Å². The number of nitrogens with zero attached hydrogens (tertiary/aromatic N) is 2. The lowest BCUT2D eigenvalue weighted by molar-refractivity contribution is 0.0663. The van der Waals surface area contributed by atoms with Gasteiger partial charge in [-0.15, -0.1) is 0 Å². The van der Waals surface area contributed by atoms with Crippen molar-refractivity contribution in [2.24, 2.45) is 11.8 Å². The lowest BCUT2D eigenvalue weighted by Gasteiger charge is -2.36. The van der Waals surface area contributed by atoms with Crippen molar-refractivity contribution in [3.05, 3.63) is 30.1 Å². The zero-order valence-electron chi connectivity index (χ0n) is 11.9. The summed E-state index contributed by atoms with van der Waals surface area (Å²) in [6, 6.07) is 3.83. The molecule has 4 nitrogen and oxygen atoms in total. The van der Waals surface area contributed by atoms with Crippen molar-refractivity contribution in [2.45, 2.75) is 25.4 Å². The van der Waals surface area contributed by atoms with Crippen LogP contribution in [0, 0.1) is 11.8 Å². The second-order valence-corrected chi connectivity index (χ2v) is 6.09. The Morgan fingerprint density at radius 2 is 2.35 bits per heavy atom. The minimum absolute atomic E-state index is 0.428. The first-order chi connectivity index (χ1) is 9.83. The van der Waals surface area contributed by atoms with Crippen molar-refractivity contribution < 1.29 is 9.84 Å². The third-order valence-electron chi connectivity index (χ3n) is 4.67. The Hall–Kier alpha value is -0.970. The van der Waals surface area contributed by atoms with Crippen molar-refractivity contribution in [3.63, 3.8) is 0 Å². The van der Waals surface area contributed by atoms with Crippen LogP contribution in [-0.4, -0.2) is 47.8 Å². The lowest BCUT2D eigenvalue weighted by atomic mass is 9.85. The number of aliphatic hydroxyl groups excluding tert-OH is 1. The lowest BCUT2D eigenvalue weighted by Crippen LogP contribution is -2.40. The second-order valence-electron chi connectivity index (χ2n) is 6.09. The molecule has 2 saturated heterocycles. The first-order valence-electron chi connectivity index (χ1n) is 7.71. The number of aliphatic hydroxyl groups is 1. The molecule has 3 unspecified atom stereocenters.